The standard InChI is InChI=1S/C89H144ClN23O21S3/c1-9-10-24-60-85(131)110-39-18-28-66(110)82(128)97-51(6)73(119)108-64(47-114)80(126)107-63(46-53-22-11-12-23-54(53)90)79(125)109-65(81(127)105-61(26-14-16-37-92)86(132)113-42-21-31-69(113)87(133)111-40-19-29-67(111)83(129)99-55(72(93)118)32-33-70(116)117)48-137-136-44-35-59(102-76(122)58(34-43-135-8)103-84(130)68-30-20-41-112(68)88(134)71(50(4)5)98-52(7)115)77(123)106-62(45-49(2)3)78(124)101-57(27-17-38-96-89(94)95)74(120)100-56(75(121)104-60)25-13-15-36-91/h11-12,22-23,49-51,55-69,71,114H,9-10,13-21,24-48,91-92H2,1-8H3,(H2,93,118)(H,97,128)(H,98,115)(H,99,129)(H,100,120)(H,101,124)(H,102,122)(H,103,130)(H,104,121)(H,105,127)(H,106,123)(H,107,126)(H,108,119)(H,109,125)(H,116,117)(H4,94,95,96)/t51?,55-,56-,57-,58-,59?,60-,61?,62-,63-,64-,65-,66-,67-,68-,69-,71-/m0/s1. The molecule has 0 radical (unpaired) electrons. The summed E-state index contributed by atoms with van der Waals surface area (Å²) >= 11 is 8.08. The lowest BCUT2D eigenvalue weighted by Crippen LogP contribution is -2.61. The van der Waals surface area contributed by atoms with Gasteiger partial charge < -0.3 is 128 Å². The summed E-state index contributed by atoms with van der Waals surface area (Å²) in [6, 6.07) is -17.8. The number of aliphatic imine (C=N–C) groups is 1. The van der Waals surface area contributed by atoms with Crippen molar-refractivity contribution < 1.29 is 101 Å². The third-order valence-corrected chi connectivity index (χ3v) is 27.8. The minimum Gasteiger partial charge on any atom is -0.481 e. The molecular weight excluding hydrogens is 1860 g/mol. The fourth-order valence-corrected chi connectivity index (χ4v) is 19.8. The molecule has 5 heterocycles. The molecule has 0 aromatic heterocycles. The van der Waals surface area contributed by atoms with Crippen molar-refractivity contribution in [3.63, 3.8) is 0 Å². The zero-order valence-electron chi connectivity index (χ0n) is 79.6. The summed E-state index contributed by atoms with van der Waals surface area (Å²) in [7, 11) is 1.94. The van der Waals surface area contributed by atoms with Crippen molar-refractivity contribution in [3.05, 3.63) is 34.9 Å². The van der Waals surface area contributed by atoms with Crippen molar-refractivity contribution in [1.82, 2.24) is 88.7 Å². The van der Waals surface area contributed by atoms with Crippen LogP contribution in [0.5, 0.6) is 0 Å². The number of aliphatic hydroxyl groups excluding tert-OH is 1. The predicted octanol–water partition coefficient (Wildman–Crippen LogP) is -2.73. The molecule has 3 unspecified atom stereocenters. The van der Waals surface area contributed by atoms with Crippen LogP contribution in [0, 0.1) is 11.8 Å². The van der Waals surface area contributed by atoms with E-state index < -0.39 is 246 Å². The van der Waals surface area contributed by atoms with Gasteiger partial charge in [0.25, 0.3) is 0 Å². The summed E-state index contributed by atoms with van der Waals surface area (Å²) in [5.74, 6) is -17.6. The van der Waals surface area contributed by atoms with Crippen LogP contribution in [0.15, 0.2) is 29.3 Å². The lowest BCUT2D eigenvalue weighted by atomic mass is 10.0. The van der Waals surface area contributed by atoms with Gasteiger partial charge in [-0.15, -0.1) is 0 Å². The predicted molar refractivity (Wildman–Crippen MR) is 516 cm³/mol. The Bertz CT molecular complexity index is 4350. The molecule has 25 N–H and O–H groups in total. The van der Waals surface area contributed by atoms with Crippen LogP contribution < -0.4 is 97.8 Å². The van der Waals surface area contributed by atoms with E-state index in [1.165, 1.54) is 57.3 Å². The maximum absolute atomic E-state index is 15.6. The first kappa shape index (κ1) is 115. The van der Waals surface area contributed by atoms with E-state index in [4.69, 9.17) is 40.3 Å². The van der Waals surface area contributed by atoms with Crippen LogP contribution in [-0.4, -0.2) is 327 Å². The molecular formula is C89H144ClN23O21S3. The molecule has 766 valence electrons. The number of nitrogens with one attached hydrogen (secondary N) is 13. The molecule has 48 heteroatoms. The summed E-state index contributed by atoms with van der Waals surface area (Å²) in [5.41, 5.74) is 29.2. The normalized spacial score (nSPS) is 24.4. The smallest absolute Gasteiger partial charge is 0.303 e. The Labute approximate surface area is 816 Å². The van der Waals surface area contributed by atoms with Gasteiger partial charge >= 0.3 is 5.97 Å². The van der Waals surface area contributed by atoms with Crippen LogP contribution in [0.25, 0.3) is 0 Å². The number of aliphatic carboxylic acids is 1. The summed E-state index contributed by atoms with van der Waals surface area (Å²) in [5, 5.41) is 55.5. The average Bonchev–Trinajstić information content (AvgIpc) is 1.62. The Morgan fingerprint density at radius 1 is 0.569 bits per heavy atom. The molecule has 0 bridgehead atoms. The van der Waals surface area contributed by atoms with Crippen molar-refractivity contribution in [2.75, 3.05) is 75.9 Å². The average molecular weight is 2000 g/mol. The maximum atomic E-state index is 15.6. The van der Waals surface area contributed by atoms with Gasteiger partial charge in [-0.3, -0.25) is 96.1 Å². The van der Waals surface area contributed by atoms with Crippen molar-refractivity contribution in [2.24, 2.45) is 45.5 Å². The van der Waals surface area contributed by atoms with Gasteiger partial charge in [0.1, 0.15) is 103 Å². The molecule has 17 atom stereocenters. The molecule has 0 spiro atoms. The van der Waals surface area contributed by atoms with E-state index in [1.807, 2.05) is 6.92 Å². The number of nitrogens with zero attached hydrogens (tertiary/aromatic N) is 5. The van der Waals surface area contributed by atoms with Crippen LogP contribution in [-0.2, 0) is 97.5 Å². The van der Waals surface area contributed by atoms with Crippen molar-refractivity contribution in [1.29, 1.82) is 0 Å². The van der Waals surface area contributed by atoms with E-state index in [1.54, 1.807) is 46.1 Å². The summed E-state index contributed by atoms with van der Waals surface area (Å²) in [4.78, 5) is 284. The van der Waals surface area contributed by atoms with Gasteiger partial charge in [0, 0.05) is 69.0 Å². The number of primary amides is 1. The molecule has 1 aromatic rings. The van der Waals surface area contributed by atoms with Gasteiger partial charge in [-0.05, 0) is 190 Å². The first-order chi connectivity index (χ1) is 65.2. The number of thioether (sulfide) groups is 1. The third-order valence-electron chi connectivity index (χ3n) is 24.4. The minimum atomic E-state index is -1.86. The highest BCUT2D eigenvalue weighted by atomic mass is 35.5. The fraction of sp³-hybridized carbons (Fsp3) is 0.708. The van der Waals surface area contributed by atoms with Crippen LogP contribution in [0.2, 0.25) is 5.02 Å². The van der Waals surface area contributed by atoms with Crippen molar-refractivity contribution in [2.45, 2.75) is 312 Å². The highest BCUT2D eigenvalue weighted by Gasteiger charge is 2.47. The molecule has 0 saturated carbocycles. The second-order valence-electron chi connectivity index (χ2n) is 35.9. The number of rotatable bonds is 40. The highest BCUT2D eigenvalue weighted by molar-refractivity contribution is 8.76. The summed E-state index contributed by atoms with van der Waals surface area (Å²) in [6.45, 7) is 10.8. The van der Waals surface area contributed by atoms with E-state index in [-0.39, 0.29) is 183 Å². The second-order valence-corrected chi connectivity index (χ2v) is 39.9. The number of fused-ring (bicyclic) bond motifs is 1. The second kappa shape index (κ2) is 59.2. The monoisotopic (exact) mass is 2000 g/mol. The number of carboxylic acids is 1. The van der Waals surface area contributed by atoms with Crippen LogP contribution in [0.1, 0.15) is 208 Å². The van der Waals surface area contributed by atoms with E-state index >= 15 is 33.6 Å². The van der Waals surface area contributed by atoms with E-state index in [0.29, 0.717) is 44.9 Å². The SMILES string of the molecule is CCCC[C@@H]1NC(=O)[C@H](CCCCN)NC(=O)[C@H](CCCN=C(N)N)NC(=O)[C@H](CC(C)C)NC(=O)C(NC(=O)[C@H](CCSC)NC(=O)[C@@H]2CCCN2C(=O)[C@@H](NC(C)=O)C(C)C)CCSSC[C@@H](C(=O)NC(CCCCN)C(=O)N2CCC[C@H]2C(=O)N2CCC[C@H]2C(=O)N[C@@H](CCC(=O)O)C(N)=O)NC(=O)[C@H](Cc2ccccc2Cl)NC(=O)[C@H](CO)NC(=O)C(C)NC(=O)[C@@H]2CCCN2C1=O. The lowest BCUT2D eigenvalue weighted by molar-refractivity contribution is -0.148. The number of amides is 18. The third kappa shape index (κ3) is 36.7. The molecule has 137 heavy (non-hydrogen) atoms. The number of hydrogen-bond donors (Lipinski definition) is 20. The summed E-state index contributed by atoms with van der Waals surface area (Å²) in [6.07, 6.45) is 3.85. The van der Waals surface area contributed by atoms with Gasteiger partial charge in [0.05, 0.1) is 6.61 Å². The molecule has 5 fully saturated rings. The number of carbonyl (C=O) groups is 19. The van der Waals surface area contributed by atoms with Crippen LogP contribution >= 0.6 is 45.0 Å². The molecule has 18 amide bonds. The largest absolute Gasteiger partial charge is 0.481 e. The number of hydrogen-bond acceptors (Lipinski definition) is 26. The molecule has 5 aliphatic heterocycles. The Balaban J connectivity index is 1.49. The van der Waals surface area contributed by atoms with E-state index in [9.17, 15) is 67.7 Å². The number of halogens is 1. The zero-order chi connectivity index (χ0) is 101. The Morgan fingerprint density at radius 2 is 1.12 bits per heavy atom. The Morgan fingerprint density at radius 3 is 1.72 bits per heavy atom. The Hall–Kier alpha value is -10.4. The van der Waals surface area contributed by atoms with Crippen molar-refractivity contribution in [3.8, 4) is 0 Å². The highest BCUT2D eigenvalue weighted by Crippen LogP contribution is 2.30. The zero-order valence-corrected chi connectivity index (χ0v) is 82.8. The molecule has 5 saturated heterocycles. The number of carboxylic acid groups (broad SMARTS) is 1. The number of benzene rings is 1. The number of aliphatic hydroxyl groups is 1. The lowest BCUT2D eigenvalue weighted by Gasteiger charge is -2.33. The number of unbranched alkanes of at least 4 members (excludes halogenated alkanes) is 3. The van der Waals surface area contributed by atoms with E-state index in [0.717, 1.165) is 21.6 Å². The fourth-order valence-electron chi connectivity index (χ4n) is 16.9. The van der Waals surface area contributed by atoms with Gasteiger partial charge in [-0.2, -0.15) is 11.8 Å². The van der Waals surface area contributed by atoms with Crippen LogP contribution in [0.3, 0.4) is 0 Å². The first-order valence-electron chi connectivity index (χ1n) is 47.4. The molecule has 1 aromatic carbocycles. The number of carbonyl (C=O) groups excluding carboxylic acids is 18. The quantitative estimate of drug-likeness (QED) is 0.0137. The molecule has 5 aliphatic rings. The number of guanidine groups is 1. The van der Waals surface area contributed by atoms with Gasteiger partial charge in [0.15, 0.2) is 5.96 Å². The van der Waals surface area contributed by atoms with E-state index in [2.05, 4.69) is 74.1 Å². The molecule has 44 nitrogen and oxygen atoms in total. The molecule has 6 rings (SSSR count). The minimum absolute atomic E-state index is 0.0103. The summed E-state index contributed by atoms with van der Waals surface area (Å²) < 4.78 is 0. The topological polar surface area (TPSA) is 677 Å². The van der Waals surface area contributed by atoms with Crippen molar-refractivity contribution >= 4 is 163 Å². The maximum Gasteiger partial charge on any atom is 0.303 e. The van der Waals surface area contributed by atoms with Crippen LogP contribution in [0.4, 0.5) is 0 Å². The first-order valence-corrected chi connectivity index (χ1v) is 51.6. The van der Waals surface area contributed by atoms with Gasteiger partial charge in [-0.25, -0.2) is 0 Å². The molecule has 0 aliphatic carbocycles. The van der Waals surface area contributed by atoms with Gasteiger partial charge in [-0.1, -0.05) is 98.8 Å². The van der Waals surface area contributed by atoms with Gasteiger partial charge in [0.2, 0.25) is 106 Å². The Kier molecular flexibility index (Phi) is 49.8. The number of nitrogens with two attached hydrogens (primary N) is 5. The number of likely N-dealkylation sites (tertiary alicyclic amines) is 3.